The van der Waals surface area contributed by atoms with Crippen molar-refractivity contribution in [1.82, 2.24) is 10.1 Å². The van der Waals surface area contributed by atoms with Crippen molar-refractivity contribution in [3.63, 3.8) is 0 Å². The molecule has 1 heterocycles. The molecule has 4 N–H and O–H groups in total. The van der Waals surface area contributed by atoms with Gasteiger partial charge in [0.25, 0.3) is 11.8 Å². The highest BCUT2D eigenvalue weighted by atomic mass is 16.5. The number of hydrogen-bond donors (Lipinski definition) is 2. The van der Waals surface area contributed by atoms with Crippen LogP contribution in [0.1, 0.15) is 43.0 Å². The van der Waals surface area contributed by atoms with Crippen molar-refractivity contribution >= 4 is 18.1 Å². The maximum atomic E-state index is 10.8. The fourth-order valence-corrected chi connectivity index (χ4v) is 2.96. The maximum Gasteiger partial charge on any atom is 0.255 e. The molecule has 0 atom stereocenters. The Balaban J connectivity index is 1.72. The van der Waals surface area contributed by atoms with E-state index in [1.54, 1.807) is 18.2 Å². The first-order valence-corrected chi connectivity index (χ1v) is 8.40. The number of aromatic nitrogens is 2. The molecule has 0 unspecified atom stereocenters. The number of carbonyl (C=O) groups excluding carboxylic acids is 1. The standard InChI is InChI=1S/C18H22N4O4/c1-24-14-10-12(4-6-13(14)25-11-15(19)23)5-7-16-21-17(22-26-16)18(20)8-2-3-9-18/h4-7,10H,2-3,8-9,11,20H2,1H3,(H2,19,23)/b7-5+. The highest BCUT2D eigenvalue weighted by Crippen LogP contribution is 2.34. The first-order chi connectivity index (χ1) is 12.5. The molecule has 0 bridgehead atoms. The number of ether oxygens (including phenoxy) is 2. The molecule has 0 saturated heterocycles. The van der Waals surface area contributed by atoms with Gasteiger partial charge in [0, 0.05) is 6.08 Å². The molecule has 0 aliphatic heterocycles. The van der Waals surface area contributed by atoms with Gasteiger partial charge in [-0.1, -0.05) is 24.1 Å². The van der Waals surface area contributed by atoms with E-state index in [2.05, 4.69) is 10.1 Å². The number of amides is 1. The maximum absolute atomic E-state index is 10.8. The molecular formula is C18H22N4O4. The van der Waals surface area contributed by atoms with Gasteiger partial charge in [0.1, 0.15) is 0 Å². The molecule has 1 saturated carbocycles. The monoisotopic (exact) mass is 358 g/mol. The lowest BCUT2D eigenvalue weighted by molar-refractivity contribution is -0.119. The van der Waals surface area contributed by atoms with E-state index in [9.17, 15) is 4.79 Å². The van der Waals surface area contributed by atoms with E-state index < -0.39 is 11.4 Å². The second kappa shape index (κ2) is 7.57. The topological polar surface area (TPSA) is 126 Å². The fourth-order valence-electron chi connectivity index (χ4n) is 2.96. The Morgan fingerprint density at radius 2 is 2.08 bits per heavy atom. The number of hydrogen-bond acceptors (Lipinski definition) is 7. The number of nitrogens with zero attached hydrogens (tertiary/aromatic N) is 2. The summed E-state index contributed by atoms with van der Waals surface area (Å²) in [6.07, 6.45) is 7.45. The Hall–Kier alpha value is -2.87. The van der Waals surface area contributed by atoms with Crippen LogP contribution >= 0.6 is 0 Å². The third-order valence-corrected chi connectivity index (χ3v) is 4.36. The summed E-state index contributed by atoms with van der Waals surface area (Å²) in [6.45, 7) is -0.211. The number of nitrogens with two attached hydrogens (primary N) is 2. The molecule has 1 aromatic carbocycles. The van der Waals surface area contributed by atoms with Gasteiger partial charge in [-0.3, -0.25) is 4.79 Å². The first kappa shape index (κ1) is 17.9. The van der Waals surface area contributed by atoms with Gasteiger partial charge in [0.2, 0.25) is 0 Å². The number of rotatable bonds is 7. The molecule has 138 valence electrons. The van der Waals surface area contributed by atoms with E-state index in [4.69, 9.17) is 25.5 Å². The molecule has 1 fully saturated rings. The molecule has 1 aliphatic carbocycles. The minimum absolute atomic E-state index is 0.211. The third-order valence-electron chi connectivity index (χ3n) is 4.36. The summed E-state index contributed by atoms with van der Waals surface area (Å²) < 4.78 is 15.9. The molecule has 0 spiro atoms. The van der Waals surface area contributed by atoms with Crippen molar-refractivity contribution in [3.05, 3.63) is 35.5 Å². The van der Waals surface area contributed by atoms with Crippen LogP contribution in [-0.2, 0) is 10.3 Å². The zero-order valence-corrected chi connectivity index (χ0v) is 14.6. The quantitative estimate of drug-likeness (QED) is 0.773. The van der Waals surface area contributed by atoms with E-state index in [-0.39, 0.29) is 6.61 Å². The average Bonchev–Trinajstić information content (AvgIpc) is 3.28. The molecule has 26 heavy (non-hydrogen) atoms. The van der Waals surface area contributed by atoms with Crippen LogP contribution in [0.2, 0.25) is 0 Å². The van der Waals surface area contributed by atoms with Crippen LogP contribution in [0.4, 0.5) is 0 Å². The zero-order valence-electron chi connectivity index (χ0n) is 14.6. The Kier molecular flexibility index (Phi) is 5.22. The summed E-state index contributed by atoms with van der Waals surface area (Å²) in [7, 11) is 1.52. The summed E-state index contributed by atoms with van der Waals surface area (Å²) >= 11 is 0. The van der Waals surface area contributed by atoms with Crippen LogP contribution in [0.25, 0.3) is 12.2 Å². The van der Waals surface area contributed by atoms with E-state index in [0.717, 1.165) is 31.2 Å². The molecule has 1 aliphatic rings. The lowest BCUT2D eigenvalue weighted by Gasteiger charge is -2.17. The van der Waals surface area contributed by atoms with Crippen molar-refractivity contribution < 1.29 is 18.8 Å². The van der Waals surface area contributed by atoms with Gasteiger partial charge in [0.15, 0.2) is 23.9 Å². The van der Waals surface area contributed by atoms with E-state index >= 15 is 0 Å². The van der Waals surface area contributed by atoms with E-state index in [0.29, 0.717) is 23.2 Å². The number of methoxy groups -OCH3 is 1. The highest BCUT2D eigenvalue weighted by Gasteiger charge is 2.35. The average molecular weight is 358 g/mol. The Morgan fingerprint density at radius 3 is 2.77 bits per heavy atom. The molecular weight excluding hydrogens is 336 g/mol. The third kappa shape index (κ3) is 4.02. The predicted octanol–water partition coefficient (Wildman–Crippen LogP) is 1.84. The van der Waals surface area contributed by atoms with Crippen molar-refractivity contribution in [3.8, 4) is 11.5 Å². The largest absolute Gasteiger partial charge is 0.493 e. The minimum atomic E-state index is -0.553. The Morgan fingerprint density at radius 1 is 1.31 bits per heavy atom. The summed E-state index contributed by atoms with van der Waals surface area (Å²) in [5.41, 5.74) is 11.8. The minimum Gasteiger partial charge on any atom is -0.493 e. The van der Waals surface area contributed by atoms with Gasteiger partial charge >= 0.3 is 0 Å². The molecule has 2 aromatic rings. The summed E-state index contributed by atoms with van der Waals surface area (Å²) in [5, 5.41) is 4.02. The lowest BCUT2D eigenvalue weighted by Crippen LogP contribution is -2.34. The first-order valence-electron chi connectivity index (χ1n) is 8.40. The zero-order chi connectivity index (χ0) is 18.6. The van der Waals surface area contributed by atoms with Gasteiger partial charge in [-0.25, -0.2) is 0 Å². The van der Waals surface area contributed by atoms with Gasteiger partial charge in [-0.2, -0.15) is 4.98 Å². The van der Waals surface area contributed by atoms with Crippen LogP contribution in [0, 0.1) is 0 Å². The molecule has 3 rings (SSSR count). The smallest absolute Gasteiger partial charge is 0.255 e. The highest BCUT2D eigenvalue weighted by molar-refractivity contribution is 5.75. The predicted molar refractivity (Wildman–Crippen MR) is 95.2 cm³/mol. The second-order valence-electron chi connectivity index (χ2n) is 6.32. The lowest BCUT2D eigenvalue weighted by atomic mass is 9.99. The van der Waals surface area contributed by atoms with Gasteiger partial charge in [-0.05, 0) is 36.6 Å². The van der Waals surface area contributed by atoms with Crippen molar-refractivity contribution in [1.29, 1.82) is 0 Å². The number of primary amides is 1. The van der Waals surface area contributed by atoms with E-state index in [1.807, 2.05) is 12.1 Å². The Bertz CT molecular complexity index is 809. The summed E-state index contributed by atoms with van der Waals surface area (Å²) in [6, 6.07) is 5.29. The van der Waals surface area contributed by atoms with Crippen LogP contribution in [0.15, 0.2) is 22.7 Å². The molecule has 1 amide bonds. The van der Waals surface area contributed by atoms with Gasteiger partial charge < -0.3 is 25.5 Å². The fraction of sp³-hybridized carbons (Fsp3) is 0.389. The summed E-state index contributed by atoms with van der Waals surface area (Å²) in [4.78, 5) is 15.2. The number of carbonyl (C=O) groups is 1. The van der Waals surface area contributed by atoms with Crippen LogP contribution in [0.3, 0.4) is 0 Å². The van der Waals surface area contributed by atoms with Crippen LogP contribution < -0.4 is 20.9 Å². The molecule has 0 radical (unpaired) electrons. The SMILES string of the molecule is COc1cc(/C=C/c2nc(C3(N)CCCC3)no2)ccc1OCC(N)=O. The molecule has 8 heteroatoms. The summed E-state index contributed by atoms with van der Waals surface area (Å²) in [5.74, 6) is 1.33. The second-order valence-corrected chi connectivity index (χ2v) is 6.32. The molecule has 1 aromatic heterocycles. The van der Waals surface area contributed by atoms with Crippen molar-refractivity contribution in [2.75, 3.05) is 13.7 Å². The normalized spacial score (nSPS) is 16.1. The number of benzene rings is 1. The van der Waals surface area contributed by atoms with Crippen molar-refractivity contribution in [2.24, 2.45) is 11.5 Å². The van der Waals surface area contributed by atoms with E-state index in [1.165, 1.54) is 7.11 Å². The Labute approximate surface area is 151 Å². The van der Waals surface area contributed by atoms with Gasteiger partial charge in [-0.15, -0.1) is 0 Å². The van der Waals surface area contributed by atoms with Gasteiger partial charge in [0.05, 0.1) is 12.6 Å². The van der Waals surface area contributed by atoms with Crippen LogP contribution in [-0.4, -0.2) is 29.8 Å². The van der Waals surface area contributed by atoms with Crippen molar-refractivity contribution in [2.45, 2.75) is 31.2 Å². The molecule has 8 nitrogen and oxygen atoms in total. The van der Waals surface area contributed by atoms with Crippen LogP contribution in [0.5, 0.6) is 11.5 Å².